The fourth-order valence-corrected chi connectivity index (χ4v) is 4.20. The van der Waals surface area contributed by atoms with Gasteiger partial charge in [-0.1, -0.05) is 53.7 Å². The van der Waals surface area contributed by atoms with E-state index in [0.717, 1.165) is 5.56 Å². The number of aromatic amines is 1. The van der Waals surface area contributed by atoms with E-state index in [0.29, 0.717) is 27.9 Å². The molecule has 1 unspecified atom stereocenters. The molecule has 3 aromatic rings. The smallest absolute Gasteiger partial charge is 0.257 e. The number of nitrogens with one attached hydrogen (secondary N) is 2. The summed E-state index contributed by atoms with van der Waals surface area (Å²) in [5, 5.41) is 12.9. The first-order valence-electron chi connectivity index (χ1n) is 8.91. The first kappa shape index (κ1) is 18.3. The Morgan fingerprint density at radius 2 is 2.00 bits per heavy atom. The molecule has 6 nitrogen and oxygen atoms in total. The van der Waals surface area contributed by atoms with Crippen molar-refractivity contribution in [1.29, 1.82) is 0 Å². The molecule has 0 aliphatic carbocycles. The van der Waals surface area contributed by atoms with Crippen LogP contribution in [0.4, 0.5) is 5.82 Å². The molecular formula is C21H19N3O3S. The molecule has 0 spiro atoms. The zero-order chi connectivity index (χ0) is 19.7. The molecule has 1 aliphatic heterocycles. The lowest BCUT2D eigenvalue weighted by molar-refractivity contribution is -0.116. The summed E-state index contributed by atoms with van der Waals surface area (Å²) >= 11 is 1.41. The Hall–Kier alpha value is -3.06. The number of aromatic nitrogens is 2. The normalized spacial score (nSPS) is 15.8. The van der Waals surface area contributed by atoms with Gasteiger partial charge in [-0.15, -0.1) is 0 Å². The monoisotopic (exact) mass is 393 g/mol. The van der Waals surface area contributed by atoms with Gasteiger partial charge in [-0.05, 0) is 30.2 Å². The molecule has 0 saturated carbocycles. The minimum Gasteiger partial charge on any atom is -0.508 e. The number of amides is 1. The highest BCUT2D eigenvalue weighted by Gasteiger charge is 2.31. The van der Waals surface area contributed by atoms with E-state index in [1.165, 1.54) is 17.3 Å². The SMILES string of the molecule is Cc1cccc(CSc2nc3c(c(=O)[nH]2)C(c2cccc(O)c2)CC(=O)N3)c1. The number of aryl methyl sites for hydroxylation is 1. The van der Waals surface area contributed by atoms with Crippen molar-refractivity contribution < 1.29 is 9.90 Å². The molecule has 28 heavy (non-hydrogen) atoms. The van der Waals surface area contributed by atoms with Gasteiger partial charge in [0.05, 0.1) is 5.56 Å². The van der Waals surface area contributed by atoms with Crippen molar-refractivity contribution >= 4 is 23.5 Å². The Morgan fingerprint density at radius 3 is 2.79 bits per heavy atom. The van der Waals surface area contributed by atoms with Gasteiger partial charge >= 0.3 is 0 Å². The Bertz CT molecular complexity index is 1110. The highest BCUT2D eigenvalue weighted by molar-refractivity contribution is 7.98. The second-order valence-corrected chi connectivity index (χ2v) is 7.78. The topological polar surface area (TPSA) is 95.1 Å². The lowest BCUT2D eigenvalue weighted by atomic mass is 9.87. The predicted molar refractivity (Wildman–Crippen MR) is 109 cm³/mol. The number of fused-ring (bicyclic) bond motifs is 1. The van der Waals surface area contributed by atoms with Crippen molar-refractivity contribution in [3.63, 3.8) is 0 Å². The third kappa shape index (κ3) is 3.80. The van der Waals surface area contributed by atoms with Crippen LogP contribution in [0.25, 0.3) is 0 Å². The van der Waals surface area contributed by atoms with Crippen LogP contribution in [0.1, 0.15) is 34.6 Å². The molecule has 4 rings (SSSR count). The fraction of sp³-hybridized carbons (Fsp3) is 0.190. The van der Waals surface area contributed by atoms with Crippen LogP contribution >= 0.6 is 11.8 Å². The summed E-state index contributed by atoms with van der Waals surface area (Å²) in [6.45, 7) is 2.03. The standard InChI is InChI=1S/C21H19N3O3S/c1-12-4-2-5-13(8-12)11-28-21-23-19-18(20(27)24-21)16(10-17(26)22-19)14-6-3-7-15(25)9-14/h2-9,16,25H,10-11H2,1H3,(H2,22,23,24,26,27). The number of anilines is 1. The summed E-state index contributed by atoms with van der Waals surface area (Å²) in [7, 11) is 0. The minimum atomic E-state index is -0.442. The highest BCUT2D eigenvalue weighted by atomic mass is 32.2. The van der Waals surface area contributed by atoms with E-state index in [1.54, 1.807) is 24.3 Å². The summed E-state index contributed by atoms with van der Waals surface area (Å²) in [6, 6.07) is 14.8. The molecule has 0 bridgehead atoms. The number of nitrogens with zero attached hydrogens (tertiary/aromatic N) is 1. The number of hydrogen-bond acceptors (Lipinski definition) is 5. The van der Waals surface area contributed by atoms with Crippen LogP contribution in [-0.4, -0.2) is 21.0 Å². The largest absolute Gasteiger partial charge is 0.508 e. The molecule has 1 aromatic heterocycles. The summed E-state index contributed by atoms with van der Waals surface area (Å²) in [6.07, 6.45) is 0.136. The van der Waals surface area contributed by atoms with Gasteiger partial charge in [-0.3, -0.25) is 9.59 Å². The number of rotatable bonds is 4. The maximum atomic E-state index is 12.8. The second-order valence-electron chi connectivity index (χ2n) is 6.81. The van der Waals surface area contributed by atoms with Crippen LogP contribution < -0.4 is 10.9 Å². The Labute approximate surface area is 166 Å². The van der Waals surface area contributed by atoms with E-state index in [-0.39, 0.29) is 23.6 Å². The molecule has 1 aliphatic rings. The number of H-pyrrole nitrogens is 1. The van der Waals surface area contributed by atoms with E-state index < -0.39 is 5.92 Å². The maximum Gasteiger partial charge on any atom is 0.257 e. The first-order valence-corrected chi connectivity index (χ1v) is 9.89. The van der Waals surface area contributed by atoms with Gasteiger partial charge in [0.1, 0.15) is 11.6 Å². The molecule has 2 aromatic carbocycles. The zero-order valence-corrected chi connectivity index (χ0v) is 16.0. The average molecular weight is 393 g/mol. The number of benzene rings is 2. The molecule has 1 amide bonds. The number of carbonyl (C=O) groups excluding carboxylic acids is 1. The van der Waals surface area contributed by atoms with E-state index in [9.17, 15) is 14.7 Å². The van der Waals surface area contributed by atoms with Crippen molar-refractivity contribution in [3.05, 3.63) is 81.1 Å². The third-order valence-electron chi connectivity index (χ3n) is 4.66. The molecule has 0 saturated heterocycles. The van der Waals surface area contributed by atoms with Crippen LogP contribution in [-0.2, 0) is 10.5 Å². The number of hydrogen-bond donors (Lipinski definition) is 3. The van der Waals surface area contributed by atoms with Crippen molar-refractivity contribution in [2.75, 3.05) is 5.32 Å². The van der Waals surface area contributed by atoms with Crippen LogP contribution in [0.15, 0.2) is 58.5 Å². The molecule has 142 valence electrons. The predicted octanol–water partition coefficient (Wildman–Crippen LogP) is 3.55. The molecule has 2 heterocycles. The number of aromatic hydroxyl groups is 1. The first-order chi connectivity index (χ1) is 13.5. The van der Waals surface area contributed by atoms with E-state index in [1.807, 2.05) is 25.1 Å². The van der Waals surface area contributed by atoms with Crippen LogP contribution in [0, 0.1) is 6.92 Å². The van der Waals surface area contributed by atoms with Gasteiger partial charge in [0, 0.05) is 18.1 Å². The third-order valence-corrected chi connectivity index (χ3v) is 5.60. The van der Waals surface area contributed by atoms with Gasteiger partial charge in [0.15, 0.2) is 5.16 Å². The summed E-state index contributed by atoms with van der Waals surface area (Å²) in [4.78, 5) is 32.3. The van der Waals surface area contributed by atoms with Crippen molar-refractivity contribution in [2.24, 2.45) is 0 Å². The van der Waals surface area contributed by atoms with Gasteiger partial charge < -0.3 is 15.4 Å². The van der Waals surface area contributed by atoms with E-state index in [4.69, 9.17) is 0 Å². The molecule has 3 N–H and O–H groups in total. The number of thioether (sulfide) groups is 1. The van der Waals surface area contributed by atoms with Gasteiger partial charge in [-0.2, -0.15) is 0 Å². The van der Waals surface area contributed by atoms with Crippen LogP contribution in [0.3, 0.4) is 0 Å². The van der Waals surface area contributed by atoms with E-state index in [2.05, 4.69) is 21.4 Å². The Balaban J connectivity index is 1.66. The maximum absolute atomic E-state index is 12.8. The molecule has 0 radical (unpaired) electrons. The Morgan fingerprint density at radius 1 is 1.18 bits per heavy atom. The van der Waals surface area contributed by atoms with Crippen molar-refractivity contribution in [1.82, 2.24) is 9.97 Å². The summed E-state index contributed by atoms with van der Waals surface area (Å²) in [5.41, 5.74) is 3.16. The number of phenols is 1. The van der Waals surface area contributed by atoms with Crippen molar-refractivity contribution in [2.45, 2.75) is 30.2 Å². The minimum absolute atomic E-state index is 0.0970. The van der Waals surface area contributed by atoms with Gasteiger partial charge in [0.25, 0.3) is 5.56 Å². The Kier molecular flexibility index (Phi) is 4.92. The molecule has 0 fully saturated rings. The van der Waals surface area contributed by atoms with Crippen molar-refractivity contribution in [3.8, 4) is 5.75 Å². The molecule has 7 heteroatoms. The lowest BCUT2D eigenvalue weighted by Crippen LogP contribution is -2.31. The molecule has 1 atom stereocenters. The fourth-order valence-electron chi connectivity index (χ4n) is 3.40. The van der Waals surface area contributed by atoms with E-state index >= 15 is 0 Å². The highest BCUT2D eigenvalue weighted by Crippen LogP contribution is 2.35. The molecular weight excluding hydrogens is 374 g/mol. The number of carbonyl (C=O) groups is 1. The summed E-state index contributed by atoms with van der Waals surface area (Å²) < 4.78 is 0. The van der Waals surface area contributed by atoms with Crippen LogP contribution in [0.2, 0.25) is 0 Å². The zero-order valence-electron chi connectivity index (χ0n) is 15.2. The second kappa shape index (κ2) is 7.52. The lowest BCUT2D eigenvalue weighted by Gasteiger charge is -2.24. The van der Waals surface area contributed by atoms with Gasteiger partial charge in [0.2, 0.25) is 5.91 Å². The van der Waals surface area contributed by atoms with Crippen LogP contribution in [0.5, 0.6) is 5.75 Å². The number of phenolic OH excluding ortho intramolecular Hbond substituents is 1. The quantitative estimate of drug-likeness (QED) is 0.465. The van der Waals surface area contributed by atoms with Gasteiger partial charge in [-0.25, -0.2) is 4.98 Å². The average Bonchev–Trinajstić information content (AvgIpc) is 2.65. The summed E-state index contributed by atoms with van der Waals surface area (Å²) in [5.74, 6) is 0.407.